The van der Waals surface area contributed by atoms with Gasteiger partial charge in [-0.1, -0.05) is 41.9 Å². The van der Waals surface area contributed by atoms with Crippen molar-refractivity contribution in [3.63, 3.8) is 0 Å². The van der Waals surface area contributed by atoms with Gasteiger partial charge in [-0.05, 0) is 23.8 Å². The first-order chi connectivity index (χ1) is 10.1. The van der Waals surface area contributed by atoms with Crippen LogP contribution in [0, 0.1) is 0 Å². The molecule has 0 aliphatic rings. The van der Waals surface area contributed by atoms with E-state index in [0.717, 1.165) is 15.6 Å². The fourth-order valence-corrected chi connectivity index (χ4v) is 3.52. The van der Waals surface area contributed by atoms with Crippen LogP contribution in [0.5, 0.6) is 5.75 Å². The summed E-state index contributed by atoms with van der Waals surface area (Å²) in [5.74, 6) is -0.0220. The van der Waals surface area contributed by atoms with Crippen LogP contribution in [0.3, 0.4) is 0 Å². The molecule has 0 saturated heterocycles. The SMILES string of the molecule is O=C(NCc1cccc(O)c1)c1sc2ccccc2c1Cl. The van der Waals surface area contributed by atoms with Crippen LogP contribution in [0.4, 0.5) is 0 Å². The van der Waals surface area contributed by atoms with Gasteiger partial charge in [0, 0.05) is 16.6 Å². The zero-order valence-electron chi connectivity index (χ0n) is 11.0. The number of carbonyl (C=O) groups is 1. The molecular weight excluding hydrogens is 306 g/mol. The van der Waals surface area contributed by atoms with Crippen LogP contribution in [0.15, 0.2) is 48.5 Å². The highest BCUT2D eigenvalue weighted by molar-refractivity contribution is 7.21. The number of hydrogen-bond donors (Lipinski definition) is 2. The van der Waals surface area contributed by atoms with Crippen molar-refractivity contribution < 1.29 is 9.90 Å². The Labute approximate surface area is 130 Å². The lowest BCUT2D eigenvalue weighted by Crippen LogP contribution is -2.22. The molecule has 0 atom stereocenters. The predicted molar refractivity (Wildman–Crippen MR) is 86.1 cm³/mol. The maximum absolute atomic E-state index is 12.2. The predicted octanol–water partition coefficient (Wildman–Crippen LogP) is 4.19. The average Bonchev–Trinajstić information content (AvgIpc) is 2.83. The second kappa shape index (κ2) is 5.76. The van der Waals surface area contributed by atoms with Gasteiger partial charge in [-0.25, -0.2) is 0 Å². The topological polar surface area (TPSA) is 49.3 Å². The van der Waals surface area contributed by atoms with Gasteiger partial charge in [-0.3, -0.25) is 4.79 Å². The monoisotopic (exact) mass is 317 g/mol. The molecule has 2 N–H and O–H groups in total. The van der Waals surface area contributed by atoms with E-state index in [-0.39, 0.29) is 11.7 Å². The van der Waals surface area contributed by atoms with Gasteiger partial charge in [0.05, 0.1) is 5.02 Å². The van der Waals surface area contributed by atoms with Crippen molar-refractivity contribution in [3.8, 4) is 5.75 Å². The molecular formula is C16H12ClNO2S. The minimum absolute atomic E-state index is 0.182. The third-order valence-corrected chi connectivity index (χ3v) is 4.78. The van der Waals surface area contributed by atoms with Crippen LogP contribution in [0.1, 0.15) is 15.2 Å². The van der Waals surface area contributed by atoms with Gasteiger partial charge in [-0.15, -0.1) is 11.3 Å². The smallest absolute Gasteiger partial charge is 0.263 e. The Hall–Kier alpha value is -2.04. The number of nitrogens with one attached hydrogen (secondary N) is 1. The molecule has 5 heteroatoms. The van der Waals surface area contributed by atoms with E-state index in [4.69, 9.17) is 11.6 Å². The second-order valence-corrected chi connectivity index (χ2v) is 6.02. The maximum Gasteiger partial charge on any atom is 0.263 e. The van der Waals surface area contributed by atoms with Crippen LogP contribution < -0.4 is 5.32 Å². The average molecular weight is 318 g/mol. The minimum atomic E-state index is -0.204. The van der Waals surface area contributed by atoms with Gasteiger partial charge in [0.25, 0.3) is 5.91 Å². The number of carbonyl (C=O) groups excluding carboxylic acids is 1. The van der Waals surface area contributed by atoms with Crippen molar-refractivity contribution in [3.05, 3.63) is 64.0 Å². The molecule has 0 fully saturated rings. The Morgan fingerprint density at radius 3 is 2.76 bits per heavy atom. The van der Waals surface area contributed by atoms with Crippen molar-refractivity contribution in [2.45, 2.75) is 6.54 Å². The van der Waals surface area contributed by atoms with Crippen LogP contribution in [0.2, 0.25) is 5.02 Å². The zero-order valence-corrected chi connectivity index (χ0v) is 12.5. The normalized spacial score (nSPS) is 10.7. The second-order valence-electron chi connectivity index (χ2n) is 4.59. The quantitative estimate of drug-likeness (QED) is 0.761. The molecule has 0 unspecified atom stereocenters. The van der Waals surface area contributed by atoms with E-state index in [1.165, 1.54) is 11.3 Å². The molecule has 1 amide bonds. The molecule has 106 valence electrons. The first kappa shape index (κ1) is 13.9. The maximum atomic E-state index is 12.2. The number of hydrogen-bond acceptors (Lipinski definition) is 3. The third-order valence-electron chi connectivity index (χ3n) is 3.10. The van der Waals surface area contributed by atoms with Crippen LogP contribution >= 0.6 is 22.9 Å². The first-order valence-corrected chi connectivity index (χ1v) is 7.58. The number of halogens is 1. The van der Waals surface area contributed by atoms with Crippen LogP contribution in [-0.4, -0.2) is 11.0 Å². The van der Waals surface area contributed by atoms with Crippen molar-refractivity contribution in [2.24, 2.45) is 0 Å². The highest BCUT2D eigenvalue weighted by Gasteiger charge is 2.16. The number of rotatable bonds is 3. The summed E-state index contributed by atoms with van der Waals surface area (Å²) in [5, 5.41) is 13.6. The van der Waals surface area contributed by atoms with E-state index >= 15 is 0 Å². The molecule has 3 rings (SSSR count). The number of benzene rings is 2. The summed E-state index contributed by atoms with van der Waals surface area (Å²) in [6, 6.07) is 14.5. The number of amides is 1. The van der Waals surface area contributed by atoms with Gasteiger partial charge in [0.1, 0.15) is 10.6 Å². The molecule has 3 aromatic rings. The lowest BCUT2D eigenvalue weighted by molar-refractivity contribution is 0.0955. The van der Waals surface area contributed by atoms with E-state index in [1.54, 1.807) is 18.2 Å². The highest BCUT2D eigenvalue weighted by Crippen LogP contribution is 2.34. The molecule has 0 bridgehead atoms. The van der Waals surface area contributed by atoms with Crippen molar-refractivity contribution in [2.75, 3.05) is 0 Å². The van der Waals surface area contributed by atoms with Gasteiger partial charge in [-0.2, -0.15) is 0 Å². The molecule has 0 spiro atoms. The highest BCUT2D eigenvalue weighted by atomic mass is 35.5. The Morgan fingerprint density at radius 2 is 2.00 bits per heavy atom. The molecule has 1 aromatic heterocycles. The van der Waals surface area contributed by atoms with Gasteiger partial charge < -0.3 is 10.4 Å². The van der Waals surface area contributed by atoms with Crippen molar-refractivity contribution in [1.29, 1.82) is 0 Å². The lowest BCUT2D eigenvalue weighted by Gasteiger charge is -2.04. The molecule has 0 radical (unpaired) electrons. The largest absolute Gasteiger partial charge is 0.508 e. The zero-order chi connectivity index (χ0) is 14.8. The summed E-state index contributed by atoms with van der Waals surface area (Å²) in [6.45, 7) is 0.345. The molecule has 21 heavy (non-hydrogen) atoms. The van der Waals surface area contributed by atoms with Gasteiger partial charge in [0.2, 0.25) is 0 Å². The van der Waals surface area contributed by atoms with Gasteiger partial charge >= 0.3 is 0 Å². The van der Waals surface area contributed by atoms with E-state index in [1.807, 2.05) is 30.3 Å². The molecule has 0 aliphatic carbocycles. The Kier molecular flexibility index (Phi) is 3.82. The lowest BCUT2D eigenvalue weighted by atomic mass is 10.2. The van der Waals surface area contributed by atoms with E-state index in [0.29, 0.717) is 16.4 Å². The van der Waals surface area contributed by atoms with E-state index in [2.05, 4.69) is 5.32 Å². The summed E-state index contributed by atoms with van der Waals surface area (Å²) in [5.41, 5.74) is 0.834. The number of fused-ring (bicyclic) bond motifs is 1. The molecule has 3 nitrogen and oxygen atoms in total. The summed E-state index contributed by atoms with van der Waals surface area (Å²) in [4.78, 5) is 12.8. The summed E-state index contributed by atoms with van der Waals surface area (Å²) >= 11 is 7.65. The Balaban J connectivity index is 1.79. The first-order valence-electron chi connectivity index (χ1n) is 6.38. The summed E-state index contributed by atoms with van der Waals surface area (Å²) in [7, 11) is 0. The van der Waals surface area contributed by atoms with E-state index in [9.17, 15) is 9.90 Å². The van der Waals surface area contributed by atoms with Crippen LogP contribution in [-0.2, 0) is 6.54 Å². The number of thiophene rings is 1. The molecule has 2 aromatic carbocycles. The van der Waals surface area contributed by atoms with E-state index < -0.39 is 0 Å². The molecule has 0 saturated carbocycles. The number of aromatic hydroxyl groups is 1. The van der Waals surface area contributed by atoms with Crippen molar-refractivity contribution in [1.82, 2.24) is 5.32 Å². The summed E-state index contributed by atoms with van der Waals surface area (Å²) < 4.78 is 0.991. The third kappa shape index (κ3) is 2.86. The summed E-state index contributed by atoms with van der Waals surface area (Å²) in [6.07, 6.45) is 0. The molecule has 0 aliphatic heterocycles. The molecule has 1 heterocycles. The minimum Gasteiger partial charge on any atom is -0.508 e. The Morgan fingerprint density at radius 1 is 1.19 bits per heavy atom. The van der Waals surface area contributed by atoms with Crippen LogP contribution in [0.25, 0.3) is 10.1 Å². The fourth-order valence-electron chi connectivity index (χ4n) is 2.09. The number of phenolic OH excluding ortho intramolecular Hbond substituents is 1. The standard InChI is InChI=1S/C16H12ClNO2S/c17-14-12-6-1-2-7-13(12)21-15(14)16(20)18-9-10-4-3-5-11(19)8-10/h1-8,19H,9H2,(H,18,20). The fraction of sp³-hybridized carbons (Fsp3) is 0.0625. The van der Waals surface area contributed by atoms with Gasteiger partial charge in [0.15, 0.2) is 0 Å². The Bertz CT molecular complexity index is 813. The number of phenols is 1. The van der Waals surface area contributed by atoms with Crippen molar-refractivity contribution >= 4 is 38.9 Å².